The second kappa shape index (κ2) is 4.65. The number of fused-ring (bicyclic) bond motifs is 1. The molecule has 2 spiro atoms. The molecule has 4 saturated heterocycles. The van der Waals surface area contributed by atoms with Crippen molar-refractivity contribution in [2.75, 3.05) is 6.61 Å². The van der Waals surface area contributed by atoms with Gasteiger partial charge in [0.2, 0.25) is 11.9 Å². The number of aliphatic hydroxyl groups excluding tert-OH is 2. The summed E-state index contributed by atoms with van der Waals surface area (Å²) >= 11 is 0. The standard InChI is InChI=1S/C20H26O9/c1-7-6-26-13-11(23)18-12-9(22)10(16(2,3)4)17(18)5-8(21)27-15(17)29-20(18,14(24)28-12)19(7,13)25/h7,9-13,15,22-23,25H,5-6H2,1-4H3/t7-,9-,10+,11+,12?,13?,15+,17?,18?,19-,20?/m1/s1. The van der Waals surface area contributed by atoms with E-state index in [9.17, 15) is 24.9 Å². The molecule has 2 aliphatic carbocycles. The highest BCUT2D eigenvalue weighted by Gasteiger charge is 3.02. The smallest absolute Gasteiger partial charge is 0.343 e. The predicted molar refractivity (Wildman–Crippen MR) is 91.9 cm³/mol. The lowest BCUT2D eigenvalue weighted by atomic mass is 9.52. The molecule has 3 N–H and O–H groups in total. The Hall–Kier alpha value is -1.26. The minimum absolute atomic E-state index is 0.139. The number of carbonyl (C=O) groups is 2. The third-order valence-corrected chi connectivity index (χ3v) is 8.87. The molecule has 9 heteroatoms. The summed E-state index contributed by atoms with van der Waals surface area (Å²) in [6.07, 6.45) is -6.07. The fraction of sp³-hybridized carbons (Fsp3) is 0.900. The van der Waals surface area contributed by atoms with Crippen molar-refractivity contribution in [3.8, 4) is 0 Å². The number of esters is 2. The van der Waals surface area contributed by atoms with Gasteiger partial charge in [-0.1, -0.05) is 27.7 Å². The highest BCUT2D eigenvalue weighted by Crippen LogP contribution is 2.84. The molecule has 9 nitrogen and oxygen atoms in total. The van der Waals surface area contributed by atoms with Crippen LogP contribution in [0.3, 0.4) is 0 Å². The fourth-order valence-corrected chi connectivity index (χ4v) is 8.38. The molecule has 0 aromatic rings. The average molecular weight is 410 g/mol. The van der Waals surface area contributed by atoms with Crippen molar-refractivity contribution >= 4 is 11.9 Å². The van der Waals surface area contributed by atoms with Gasteiger partial charge in [-0.05, 0) is 5.41 Å². The Kier molecular flexibility index (Phi) is 2.97. The van der Waals surface area contributed by atoms with Gasteiger partial charge in [-0.2, -0.15) is 0 Å². The molecule has 0 radical (unpaired) electrons. The van der Waals surface area contributed by atoms with E-state index in [2.05, 4.69) is 0 Å². The SMILES string of the molecule is C[C@@H]1COC2[C@H](O)C34C5OC(=O)C3(O[C@@H]3OC(=O)CC34[C@H](C(C)(C)C)[C@H]5O)[C@]21O. The Labute approximate surface area is 167 Å². The molecule has 6 rings (SSSR count). The van der Waals surface area contributed by atoms with Crippen molar-refractivity contribution in [3.05, 3.63) is 0 Å². The zero-order valence-electron chi connectivity index (χ0n) is 16.7. The quantitative estimate of drug-likeness (QED) is 0.435. The van der Waals surface area contributed by atoms with Crippen LogP contribution < -0.4 is 0 Å². The highest BCUT2D eigenvalue weighted by atomic mass is 16.7. The molecule has 11 atom stereocenters. The zero-order chi connectivity index (χ0) is 20.9. The number of carbonyl (C=O) groups excluding carboxylic acids is 2. The van der Waals surface area contributed by atoms with Gasteiger partial charge in [0.05, 0.1) is 36.1 Å². The maximum absolute atomic E-state index is 13.4. The van der Waals surface area contributed by atoms with Crippen molar-refractivity contribution < 1.29 is 43.9 Å². The van der Waals surface area contributed by atoms with Crippen LogP contribution in [0.4, 0.5) is 0 Å². The Bertz CT molecular complexity index is 851. The van der Waals surface area contributed by atoms with E-state index in [4.69, 9.17) is 18.9 Å². The monoisotopic (exact) mass is 410 g/mol. The predicted octanol–water partition coefficient (Wildman–Crippen LogP) is -0.896. The van der Waals surface area contributed by atoms with Gasteiger partial charge < -0.3 is 34.3 Å². The molecular formula is C20H26O9. The first-order valence-corrected chi connectivity index (χ1v) is 10.2. The second-order valence-electron chi connectivity index (χ2n) is 10.8. The number of aliphatic hydroxyl groups is 3. The lowest BCUT2D eigenvalue weighted by Gasteiger charge is -2.46. The molecule has 6 aliphatic rings. The number of hydrogen-bond donors (Lipinski definition) is 3. The van der Waals surface area contributed by atoms with Crippen LogP contribution in [0.15, 0.2) is 0 Å². The van der Waals surface area contributed by atoms with Gasteiger partial charge in [-0.3, -0.25) is 4.79 Å². The van der Waals surface area contributed by atoms with Gasteiger partial charge in [0.1, 0.15) is 17.8 Å². The molecular weight excluding hydrogens is 384 g/mol. The van der Waals surface area contributed by atoms with Gasteiger partial charge >= 0.3 is 11.9 Å². The molecule has 2 saturated carbocycles. The fourth-order valence-electron chi connectivity index (χ4n) is 8.38. The first-order valence-electron chi connectivity index (χ1n) is 10.2. The minimum Gasteiger partial charge on any atom is -0.456 e. The molecule has 4 aliphatic heterocycles. The van der Waals surface area contributed by atoms with E-state index in [0.29, 0.717) is 0 Å². The van der Waals surface area contributed by atoms with E-state index in [0.717, 1.165) is 0 Å². The summed E-state index contributed by atoms with van der Waals surface area (Å²) in [4.78, 5) is 25.9. The lowest BCUT2D eigenvalue weighted by Crippen LogP contribution is -2.65. The molecule has 29 heavy (non-hydrogen) atoms. The first kappa shape index (κ1) is 18.5. The number of rotatable bonds is 0. The Morgan fingerprint density at radius 3 is 2.45 bits per heavy atom. The summed E-state index contributed by atoms with van der Waals surface area (Å²) in [5.74, 6) is -2.48. The van der Waals surface area contributed by atoms with Crippen molar-refractivity contribution in [3.63, 3.8) is 0 Å². The molecule has 0 amide bonds. The molecule has 160 valence electrons. The van der Waals surface area contributed by atoms with Crippen LogP contribution in [0, 0.1) is 28.1 Å². The van der Waals surface area contributed by atoms with Crippen molar-refractivity contribution in [2.45, 2.75) is 76.0 Å². The summed E-state index contributed by atoms with van der Waals surface area (Å²) in [7, 11) is 0. The topological polar surface area (TPSA) is 132 Å². The summed E-state index contributed by atoms with van der Waals surface area (Å²) in [6.45, 7) is 7.63. The largest absolute Gasteiger partial charge is 0.456 e. The van der Waals surface area contributed by atoms with Gasteiger partial charge in [-0.25, -0.2) is 4.79 Å². The van der Waals surface area contributed by atoms with Gasteiger partial charge in [0.25, 0.3) is 0 Å². The Morgan fingerprint density at radius 1 is 1.10 bits per heavy atom. The molecule has 6 fully saturated rings. The van der Waals surface area contributed by atoms with Crippen molar-refractivity contribution in [1.29, 1.82) is 0 Å². The van der Waals surface area contributed by atoms with E-state index in [1.54, 1.807) is 6.92 Å². The average Bonchev–Trinajstić information content (AvgIpc) is 3.30. The zero-order valence-corrected chi connectivity index (χ0v) is 16.7. The summed E-state index contributed by atoms with van der Waals surface area (Å²) in [6, 6.07) is 0. The highest BCUT2D eigenvalue weighted by molar-refractivity contribution is 5.90. The van der Waals surface area contributed by atoms with E-state index in [1.807, 2.05) is 20.8 Å². The van der Waals surface area contributed by atoms with Gasteiger partial charge in [0, 0.05) is 11.8 Å². The summed E-state index contributed by atoms with van der Waals surface area (Å²) < 4.78 is 23.2. The minimum atomic E-state index is -1.98. The van der Waals surface area contributed by atoms with Crippen LogP contribution in [0.2, 0.25) is 0 Å². The molecule has 0 bridgehead atoms. The first-order chi connectivity index (χ1) is 13.4. The lowest BCUT2D eigenvalue weighted by molar-refractivity contribution is -0.240. The van der Waals surface area contributed by atoms with Crippen molar-refractivity contribution in [1.82, 2.24) is 0 Å². The second-order valence-corrected chi connectivity index (χ2v) is 10.8. The maximum Gasteiger partial charge on any atom is 0.343 e. The van der Waals surface area contributed by atoms with E-state index in [1.165, 1.54) is 0 Å². The Balaban J connectivity index is 1.72. The third kappa shape index (κ3) is 1.38. The van der Waals surface area contributed by atoms with Crippen LogP contribution in [-0.4, -0.2) is 75.8 Å². The maximum atomic E-state index is 13.4. The molecule has 4 heterocycles. The van der Waals surface area contributed by atoms with Crippen molar-refractivity contribution in [2.24, 2.45) is 28.1 Å². The summed E-state index contributed by atoms with van der Waals surface area (Å²) in [5.41, 5.74) is -7.17. The third-order valence-electron chi connectivity index (χ3n) is 8.87. The van der Waals surface area contributed by atoms with Crippen LogP contribution in [0.5, 0.6) is 0 Å². The molecule has 0 aromatic heterocycles. The molecule has 0 aromatic carbocycles. The molecule has 5 unspecified atom stereocenters. The summed E-state index contributed by atoms with van der Waals surface area (Å²) in [5, 5.41) is 34.9. The number of ether oxygens (including phenoxy) is 4. The van der Waals surface area contributed by atoms with Crippen LogP contribution in [-0.2, 0) is 28.5 Å². The van der Waals surface area contributed by atoms with Gasteiger partial charge in [-0.15, -0.1) is 0 Å². The number of hydrogen-bond acceptors (Lipinski definition) is 9. The van der Waals surface area contributed by atoms with E-state index in [-0.39, 0.29) is 13.0 Å². The van der Waals surface area contributed by atoms with Gasteiger partial charge in [0.15, 0.2) is 0 Å². The van der Waals surface area contributed by atoms with Crippen LogP contribution in [0.25, 0.3) is 0 Å². The van der Waals surface area contributed by atoms with Crippen LogP contribution >= 0.6 is 0 Å². The van der Waals surface area contributed by atoms with Crippen LogP contribution in [0.1, 0.15) is 34.1 Å². The normalized spacial score (nSPS) is 62.0. The van der Waals surface area contributed by atoms with E-state index < -0.39 is 81.9 Å². The van der Waals surface area contributed by atoms with E-state index >= 15 is 0 Å². The Morgan fingerprint density at radius 2 is 1.79 bits per heavy atom.